The van der Waals surface area contributed by atoms with E-state index >= 15 is 0 Å². The Labute approximate surface area is 143 Å². The smallest absolute Gasteiger partial charge is 0.221 e. The highest BCUT2D eigenvalue weighted by atomic mass is 16.5. The van der Waals surface area contributed by atoms with E-state index in [0.29, 0.717) is 6.42 Å². The normalized spacial score (nSPS) is 19.5. The monoisotopic (exact) mass is 324 g/mol. The summed E-state index contributed by atoms with van der Waals surface area (Å²) in [6, 6.07) is 14.4. The topological polar surface area (TPSA) is 64.4 Å². The van der Waals surface area contributed by atoms with Gasteiger partial charge in [-0.15, -0.1) is 0 Å². The average Bonchev–Trinajstić information content (AvgIpc) is 2.61. The number of aryl methyl sites for hydroxylation is 1. The minimum Gasteiger partial charge on any atom is -0.497 e. The van der Waals surface area contributed by atoms with Crippen molar-refractivity contribution in [3.63, 3.8) is 0 Å². The van der Waals surface area contributed by atoms with Crippen LogP contribution in [0.5, 0.6) is 5.75 Å². The first-order valence-corrected chi connectivity index (χ1v) is 8.33. The van der Waals surface area contributed by atoms with Gasteiger partial charge in [-0.2, -0.15) is 0 Å². The quantitative estimate of drug-likeness (QED) is 0.909. The third kappa shape index (κ3) is 3.15. The lowest BCUT2D eigenvalue weighted by molar-refractivity contribution is -0.122. The highest BCUT2D eigenvalue weighted by Gasteiger charge is 2.34. The molecular weight excluding hydrogens is 300 g/mol. The fourth-order valence-corrected chi connectivity index (χ4v) is 3.53. The van der Waals surface area contributed by atoms with Crippen molar-refractivity contribution in [2.24, 2.45) is 5.73 Å². The lowest BCUT2D eigenvalue weighted by Gasteiger charge is -2.35. The molecule has 0 saturated carbocycles. The summed E-state index contributed by atoms with van der Waals surface area (Å²) in [4.78, 5) is 11.9. The summed E-state index contributed by atoms with van der Waals surface area (Å²) in [7, 11) is 3.32. The maximum Gasteiger partial charge on any atom is 0.221 e. The molecule has 1 aliphatic carbocycles. The van der Waals surface area contributed by atoms with Crippen molar-refractivity contribution in [3.8, 4) is 16.9 Å². The van der Waals surface area contributed by atoms with Crippen molar-refractivity contribution in [1.29, 1.82) is 0 Å². The summed E-state index contributed by atoms with van der Waals surface area (Å²) >= 11 is 0. The van der Waals surface area contributed by atoms with Gasteiger partial charge in [0.1, 0.15) is 5.75 Å². The van der Waals surface area contributed by atoms with Crippen LogP contribution in [0.25, 0.3) is 11.1 Å². The van der Waals surface area contributed by atoms with Crippen LogP contribution in [0.2, 0.25) is 0 Å². The second-order valence-corrected chi connectivity index (χ2v) is 6.46. The second kappa shape index (κ2) is 6.65. The number of carbonyl (C=O) groups excluding carboxylic acids is 1. The van der Waals surface area contributed by atoms with Crippen LogP contribution < -0.4 is 15.8 Å². The number of methoxy groups -OCH3 is 1. The first-order valence-electron chi connectivity index (χ1n) is 8.33. The van der Waals surface area contributed by atoms with Crippen molar-refractivity contribution in [1.82, 2.24) is 5.32 Å². The molecule has 2 aromatic rings. The van der Waals surface area contributed by atoms with E-state index < -0.39 is 5.54 Å². The Morgan fingerprint density at radius 2 is 2.04 bits per heavy atom. The second-order valence-electron chi connectivity index (χ2n) is 6.46. The highest BCUT2D eigenvalue weighted by Crippen LogP contribution is 2.38. The van der Waals surface area contributed by atoms with E-state index in [1.165, 1.54) is 5.56 Å². The third-order valence-corrected chi connectivity index (χ3v) is 4.87. The summed E-state index contributed by atoms with van der Waals surface area (Å²) in [5.74, 6) is 0.812. The van der Waals surface area contributed by atoms with Crippen LogP contribution in [-0.4, -0.2) is 20.1 Å². The number of carbonyl (C=O) groups is 1. The number of nitrogens with two attached hydrogens (primary N) is 1. The molecule has 0 bridgehead atoms. The fraction of sp³-hybridized carbons (Fsp3) is 0.350. The van der Waals surface area contributed by atoms with Crippen molar-refractivity contribution in [3.05, 3.63) is 53.6 Å². The molecule has 0 unspecified atom stereocenters. The number of nitrogens with one attached hydrogen (secondary N) is 1. The first-order chi connectivity index (χ1) is 11.6. The molecular formula is C20H24N2O2. The third-order valence-electron chi connectivity index (χ3n) is 4.87. The van der Waals surface area contributed by atoms with Crippen molar-refractivity contribution in [2.45, 2.75) is 31.2 Å². The molecule has 0 aromatic heterocycles. The molecule has 0 saturated heterocycles. The number of amides is 1. The predicted octanol–water partition coefficient (Wildman–Crippen LogP) is 2.99. The van der Waals surface area contributed by atoms with Crippen LogP contribution in [0, 0.1) is 0 Å². The molecule has 4 heteroatoms. The number of hydrogen-bond donors (Lipinski definition) is 2. The van der Waals surface area contributed by atoms with E-state index in [-0.39, 0.29) is 5.91 Å². The molecule has 3 rings (SSSR count). The van der Waals surface area contributed by atoms with Gasteiger partial charge in [0.25, 0.3) is 0 Å². The van der Waals surface area contributed by atoms with Gasteiger partial charge in [0.2, 0.25) is 5.91 Å². The highest BCUT2D eigenvalue weighted by molar-refractivity contribution is 5.77. The molecule has 0 aliphatic heterocycles. The average molecular weight is 324 g/mol. The zero-order valence-electron chi connectivity index (χ0n) is 14.3. The van der Waals surface area contributed by atoms with Gasteiger partial charge in [0.15, 0.2) is 0 Å². The minimum absolute atomic E-state index is 0.0165. The van der Waals surface area contributed by atoms with Gasteiger partial charge in [0, 0.05) is 13.5 Å². The van der Waals surface area contributed by atoms with Crippen molar-refractivity contribution < 1.29 is 9.53 Å². The molecule has 0 heterocycles. The molecule has 24 heavy (non-hydrogen) atoms. The van der Waals surface area contributed by atoms with Gasteiger partial charge in [0.05, 0.1) is 12.6 Å². The summed E-state index contributed by atoms with van der Waals surface area (Å²) in [6.45, 7) is 0. The molecule has 0 fully saturated rings. The molecule has 1 amide bonds. The zero-order valence-corrected chi connectivity index (χ0v) is 14.3. The van der Waals surface area contributed by atoms with E-state index in [1.54, 1.807) is 14.2 Å². The summed E-state index contributed by atoms with van der Waals surface area (Å²) in [6.07, 6.45) is 3.17. The molecule has 126 valence electrons. The number of benzene rings is 2. The lowest BCUT2D eigenvalue weighted by atomic mass is 9.74. The Balaban J connectivity index is 2.03. The van der Waals surface area contributed by atoms with E-state index in [2.05, 4.69) is 29.6 Å². The minimum atomic E-state index is -0.595. The molecule has 0 radical (unpaired) electrons. The molecule has 0 spiro atoms. The van der Waals surface area contributed by atoms with Gasteiger partial charge >= 0.3 is 0 Å². The van der Waals surface area contributed by atoms with Crippen LogP contribution >= 0.6 is 0 Å². The van der Waals surface area contributed by atoms with Gasteiger partial charge in [-0.25, -0.2) is 0 Å². The number of fused-ring (bicyclic) bond motifs is 1. The van der Waals surface area contributed by atoms with Gasteiger partial charge < -0.3 is 15.8 Å². The largest absolute Gasteiger partial charge is 0.497 e. The molecule has 2 aromatic carbocycles. The molecule has 3 N–H and O–H groups in total. The summed E-state index contributed by atoms with van der Waals surface area (Å²) in [5, 5.41) is 2.69. The maximum atomic E-state index is 11.9. The first kappa shape index (κ1) is 16.5. The van der Waals surface area contributed by atoms with E-state index in [0.717, 1.165) is 41.7 Å². The van der Waals surface area contributed by atoms with Crippen molar-refractivity contribution in [2.75, 3.05) is 14.2 Å². The predicted molar refractivity (Wildman–Crippen MR) is 95.9 cm³/mol. The lowest BCUT2D eigenvalue weighted by Crippen LogP contribution is -2.44. The van der Waals surface area contributed by atoms with Crippen LogP contribution in [0.4, 0.5) is 0 Å². The summed E-state index contributed by atoms with van der Waals surface area (Å²) < 4.78 is 5.32. The van der Waals surface area contributed by atoms with Gasteiger partial charge in [-0.3, -0.25) is 4.79 Å². The standard InChI is InChI=1S/C20H24N2O2/c1-22-19(23)13-20(21)10-4-6-14-8-9-16(12-18(14)20)15-5-3-7-17(11-15)24-2/h3,5,7-9,11-12H,4,6,10,13,21H2,1-2H3,(H,22,23)/t20-/m0/s1. The Bertz CT molecular complexity index is 757. The van der Waals surface area contributed by atoms with E-state index in [1.807, 2.05) is 18.2 Å². The van der Waals surface area contributed by atoms with Crippen LogP contribution in [0.3, 0.4) is 0 Å². The summed E-state index contributed by atoms with van der Waals surface area (Å²) in [5.41, 5.74) is 10.6. The number of rotatable bonds is 4. The number of ether oxygens (including phenoxy) is 1. The van der Waals surface area contributed by atoms with Gasteiger partial charge in [-0.05, 0) is 59.7 Å². The zero-order chi connectivity index (χ0) is 17.2. The van der Waals surface area contributed by atoms with E-state index in [9.17, 15) is 4.79 Å². The SMILES string of the molecule is CNC(=O)C[C@@]1(N)CCCc2ccc(-c3cccc(OC)c3)cc21. The molecule has 1 aliphatic rings. The van der Waals surface area contributed by atoms with Crippen molar-refractivity contribution >= 4 is 5.91 Å². The Hall–Kier alpha value is -2.33. The van der Waals surface area contributed by atoms with E-state index in [4.69, 9.17) is 10.5 Å². The number of hydrogen-bond acceptors (Lipinski definition) is 3. The van der Waals surface area contributed by atoms with Crippen LogP contribution in [0.15, 0.2) is 42.5 Å². The molecule has 1 atom stereocenters. The fourth-order valence-electron chi connectivity index (χ4n) is 3.53. The Kier molecular flexibility index (Phi) is 4.58. The van der Waals surface area contributed by atoms with Crippen LogP contribution in [-0.2, 0) is 16.8 Å². The maximum absolute atomic E-state index is 11.9. The Morgan fingerprint density at radius 1 is 1.25 bits per heavy atom. The Morgan fingerprint density at radius 3 is 2.79 bits per heavy atom. The molecule has 4 nitrogen and oxygen atoms in total. The van der Waals surface area contributed by atoms with Crippen LogP contribution in [0.1, 0.15) is 30.4 Å². The van der Waals surface area contributed by atoms with Gasteiger partial charge in [-0.1, -0.05) is 24.3 Å².